The lowest BCUT2D eigenvalue weighted by molar-refractivity contribution is -0.143. The molecule has 0 radical (unpaired) electrons. The van der Waals surface area contributed by atoms with Crippen LogP contribution in [0, 0.1) is 0 Å². The SMILES string of the molecule is C=CCC(CCCC(C)=O)OC(=O)C=C. The maximum absolute atomic E-state index is 11.0. The van der Waals surface area contributed by atoms with Crippen molar-refractivity contribution in [1.82, 2.24) is 0 Å². The number of ether oxygens (including phenoxy) is 1. The summed E-state index contributed by atoms with van der Waals surface area (Å²) in [5, 5.41) is 0. The van der Waals surface area contributed by atoms with Gasteiger partial charge in [0.1, 0.15) is 11.9 Å². The fourth-order valence-corrected chi connectivity index (χ4v) is 1.20. The summed E-state index contributed by atoms with van der Waals surface area (Å²) in [4.78, 5) is 21.7. The molecule has 0 fully saturated rings. The van der Waals surface area contributed by atoms with Gasteiger partial charge in [0, 0.05) is 18.9 Å². The van der Waals surface area contributed by atoms with Gasteiger partial charge in [0.25, 0.3) is 0 Å². The summed E-state index contributed by atoms with van der Waals surface area (Å²) in [5.41, 5.74) is 0. The van der Waals surface area contributed by atoms with Crippen molar-refractivity contribution in [3.63, 3.8) is 0 Å². The molecule has 3 nitrogen and oxygen atoms in total. The molecule has 0 saturated heterocycles. The minimum atomic E-state index is -0.426. The average molecular weight is 210 g/mol. The zero-order valence-electron chi connectivity index (χ0n) is 9.20. The van der Waals surface area contributed by atoms with Gasteiger partial charge < -0.3 is 9.53 Å². The van der Waals surface area contributed by atoms with E-state index in [0.717, 1.165) is 12.5 Å². The third-order valence-corrected chi connectivity index (χ3v) is 1.93. The van der Waals surface area contributed by atoms with Crippen molar-refractivity contribution in [3.8, 4) is 0 Å². The molecule has 0 aliphatic carbocycles. The van der Waals surface area contributed by atoms with E-state index in [1.165, 1.54) is 0 Å². The summed E-state index contributed by atoms with van der Waals surface area (Å²) in [7, 11) is 0. The first-order valence-electron chi connectivity index (χ1n) is 5.03. The summed E-state index contributed by atoms with van der Waals surface area (Å²) in [6.45, 7) is 8.47. The van der Waals surface area contributed by atoms with Gasteiger partial charge in [0.2, 0.25) is 0 Å². The lowest BCUT2D eigenvalue weighted by Crippen LogP contribution is -2.16. The molecule has 0 aromatic carbocycles. The second-order valence-electron chi connectivity index (χ2n) is 3.38. The smallest absolute Gasteiger partial charge is 0.330 e. The van der Waals surface area contributed by atoms with Crippen LogP contribution >= 0.6 is 0 Å². The third kappa shape index (κ3) is 7.67. The second-order valence-corrected chi connectivity index (χ2v) is 3.38. The Labute approximate surface area is 90.8 Å². The van der Waals surface area contributed by atoms with Gasteiger partial charge >= 0.3 is 5.97 Å². The Balaban J connectivity index is 3.92. The Hall–Kier alpha value is -1.38. The summed E-state index contributed by atoms with van der Waals surface area (Å²) >= 11 is 0. The standard InChI is InChI=1S/C12H18O3/c1-4-7-11(15-12(14)5-2)9-6-8-10(3)13/h4-5,11H,1-2,6-9H2,3H3. The number of Topliss-reactive ketones (excluding diaryl/α,β-unsaturated/α-hetero) is 1. The molecule has 0 heterocycles. The topological polar surface area (TPSA) is 43.4 Å². The summed E-state index contributed by atoms with van der Waals surface area (Å²) in [5.74, 6) is -0.271. The van der Waals surface area contributed by atoms with E-state index in [-0.39, 0.29) is 11.9 Å². The minimum absolute atomic E-state index is 0.155. The van der Waals surface area contributed by atoms with E-state index in [1.54, 1.807) is 13.0 Å². The third-order valence-electron chi connectivity index (χ3n) is 1.93. The van der Waals surface area contributed by atoms with Crippen molar-refractivity contribution in [2.75, 3.05) is 0 Å². The molecule has 0 spiro atoms. The number of esters is 1. The number of carbonyl (C=O) groups is 2. The molecule has 0 aromatic heterocycles. The first-order chi connectivity index (χ1) is 7.10. The van der Waals surface area contributed by atoms with Gasteiger partial charge in [-0.1, -0.05) is 12.7 Å². The largest absolute Gasteiger partial charge is 0.459 e. The fourth-order valence-electron chi connectivity index (χ4n) is 1.20. The van der Waals surface area contributed by atoms with Crippen LogP contribution in [0.25, 0.3) is 0 Å². The molecule has 84 valence electrons. The molecular weight excluding hydrogens is 192 g/mol. The molecule has 0 saturated carbocycles. The highest BCUT2D eigenvalue weighted by Crippen LogP contribution is 2.10. The highest BCUT2D eigenvalue weighted by atomic mass is 16.5. The Kier molecular flexibility index (Phi) is 7.24. The highest BCUT2D eigenvalue weighted by molar-refractivity contribution is 5.81. The van der Waals surface area contributed by atoms with Crippen LogP contribution in [0.2, 0.25) is 0 Å². The maximum atomic E-state index is 11.0. The summed E-state index contributed by atoms with van der Waals surface area (Å²) in [6, 6.07) is 0. The van der Waals surface area contributed by atoms with Gasteiger partial charge in [0.05, 0.1) is 0 Å². The summed E-state index contributed by atoms with van der Waals surface area (Å²) < 4.78 is 5.08. The van der Waals surface area contributed by atoms with Crippen LogP contribution in [0.3, 0.4) is 0 Å². The van der Waals surface area contributed by atoms with Crippen LogP contribution < -0.4 is 0 Å². The number of carbonyl (C=O) groups excluding carboxylic acids is 2. The zero-order chi connectivity index (χ0) is 11.7. The highest BCUT2D eigenvalue weighted by Gasteiger charge is 2.10. The monoisotopic (exact) mass is 210 g/mol. The van der Waals surface area contributed by atoms with Crippen LogP contribution in [0.15, 0.2) is 25.3 Å². The van der Waals surface area contributed by atoms with Crippen molar-refractivity contribution in [3.05, 3.63) is 25.3 Å². The van der Waals surface area contributed by atoms with Gasteiger partial charge in [0.15, 0.2) is 0 Å². The van der Waals surface area contributed by atoms with Crippen LogP contribution in [0.1, 0.15) is 32.6 Å². The number of hydrogen-bond donors (Lipinski definition) is 0. The molecule has 15 heavy (non-hydrogen) atoms. The number of rotatable bonds is 8. The van der Waals surface area contributed by atoms with Crippen molar-refractivity contribution in [2.24, 2.45) is 0 Å². The van der Waals surface area contributed by atoms with E-state index >= 15 is 0 Å². The molecule has 0 bridgehead atoms. The summed E-state index contributed by atoms with van der Waals surface area (Å²) in [6.07, 6.45) is 5.21. The van der Waals surface area contributed by atoms with Crippen molar-refractivity contribution in [1.29, 1.82) is 0 Å². The number of ketones is 1. The van der Waals surface area contributed by atoms with E-state index < -0.39 is 5.97 Å². The zero-order valence-corrected chi connectivity index (χ0v) is 9.20. The molecule has 0 aliphatic rings. The van der Waals surface area contributed by atoms with Gasteiger partial charge in [-0.25, -0.2) is 4.79 Å². The molecular formula is C12H18O3. The van der Waals surface area contributed by atoms with Gasteiger partial charge in [-0.2, -0.15) is 0 Å². The molecule has 3 heteroatoms. The van der Waals surface area contributed by atoms with Gasteiger partial charge in [-0.3, -0.25) is 0 Å². The Bertz CT molecular complexity index is 243. The van der Waals surface area contributed by atoms with E-state index in [9.17, 15) is 9.59 Å². The predicted octanol–water partition coefficient (Wildman–Crippen LogP) is 2.42. The van der Waals surface area contributed by atoms with Crippen LogP contribution in [0.5, 0.6) is 0 Å². The minimum Gasteiger partial charge on any atom is -0.459 e. The molecule has 0 aliphatic heterocycles. The van der Waals surface area contributed by atoms with E-state index in [2.05, 4.69) is 13.2 Å². The van der Waals surface area contributed by atoms with Crippen LogP contribution in [-0.4, -0.2) is 17.9 Å². The Morgan fingerprint density at radius 3 is 2.53 bits per heavy atom. The number of hydrogen-bond acceptors (Lipinski definition) is 3. The van der Waals surface area contributed by atoms with E-state index in [1.807, 2.05) is 0 Å². The van der Waals surface area contributed by atoms with Gasteiger partial charge in [-0.05, 0) is 19.8 Å². The predicted molar refractivity (Wildman–Crippen MR) is 59.4 cm³/mol. The van der Waals surface area contributed by atoms with E-state index in [0.29, 0.717) is 19.3 Å². The normalized spacial score (nSPS) is 11.5. The van der Waals surface area contributed by atoms with Gasteiger partial charge in [-0.15, -0.1) is 6.58 Å². The van der Waals surface area contributed by atoms with Crippen LogP contribution in [-0.2, 0) is 14.3 Å². The molecule has 1 atom stereocenters. The average Bonchev–Trinajstić information content (AvgIpc) is 2.17. The second kappa shape index (κ2) is 7.97. The van der Waals surface area contributed by atoms with E-state index in [4.69, 9.17) is 4.74 Å². The maximum Gasteiger partial charge on any atom is 0.330 e. The molecule has 0 amide bonds. The first kappa shape index (κ1) is 13.6. The molecule has 0 N–H and O–H groups in total. The van der Waals surface area contributed by atoms with Crippen molar-refractivity contribution in [2.45, 2.75) is 38.7 Å². The van der Waals surface area contributed by atoms with Crippen LogP contribution in [0.4, 0.5) is 0 Å². The van der Waals surface area contributed by atoms with Crippen molar-refractivity contribution < 1.29 is 14.3 Å². The lowest BCUT2D eigenvalue weighted by atomic mass is 10.1. The Morgan fingerprint density at radius 2 is 2.07 bits per heavy atom. The quantitative estimate of drug-likeness (QED) is 0.351. The first-order valence-corrected chi connectivity index (χ1v) is 5.03. The Morgan fingerprint density at radius 1 is 1.40 bits per heavy atom. The lowest BCUT2D eigenvalue weighted by Gasteiger charge is -2.14. The molecule has 0 aromatic rings. The fraction of sp³-hybridized carbons (Fsp3) is 0.500. The molecule has 1 unspecified atom stereocenters. The molecule has 0 rings (SSSR count). The van der Waals surface area contributed by atoms with Crippen molar-refractivity contribution >= 4 is 11.8 Å².